The molecular weight excluding hydrogens is 546 g/mol. The van der Waals surface area contributed by atoms with Crippen LogP contribution in [0.3, 0.4) is 0 Å². The summed E-state index contributed by atoms with van der Waals surface area (Å²) in [5.74, 6) is -0.104. The molecule has 0 spiro atoms. The summed E-state index contributed by atoms with van der Waals surface area (Å²) in [6, 6.07) is 9.62. The van der Waals surface area contributed by atoms with Crippen molar-refractivity contribution in [2.75, 3.05) is 5.32 Å². The van der Waals surface area contributed by atoms with Crippen LogP contribution in [0.15, 0.2) is 36.7 Å². The number of ether oxygens (including phenoxy) is 1. The smallest absolute Gasteiger partial charge is 0.413 e. The highest BCUT2D eigenvalue weighted by atomic mass is 16.6. The Balaban J connectivity index is 1.52. The molecule has 0 aliphatic carbocycles. The van der Waals surface area contributed by atoms with Crippen molar-refractivity contribution in [2.24, 2.45) is 0 Å². The maximum Gasteiger partial charge on any atom is 0.413 e. The second-order valence-corrected chi connectivity index (χ2v) is 12.2. The molecule has 0 aliphatic heterocycles. The molecule has 0 unspecified atom stereocenters. The number of fused-ring (bicyclic) bond motifs is 1. The van der Waals surface area contributed by atoms with Crippen molar-refractivity contribution in [1.82, 2.24) is 25.1 Å². The number of aryl methyl sites for hydroxylation is 3. The molecule has 0 saturated carbocycles. The lowest BCUT2D eigenvalue weighted by molar-refractivity contribution is 0.0634. The average molecular weight is 584 g/mol. The molecule has 11 heteroatoms. The standard InChI is InChI=1S/C32H37N7O4/c1-18-9-22-11-21(12-25(32(7,8)42)28(22)34-14-18)17-39-26(13-33)24(16-36-39)29(40)35-15-23-19(2)10-27(37-20(23)3)38-30(41)43-31(4,5)6/h9-12,14,16,42H,15,17H2,1-8H3,(H,35,40)(H,37,38,41). The SMILES string of the molecule is Cc1cnc2c(C(C)(C)O)cc(Cn3ncc(C(=O)NCc4c(C)cc(NC(=O)OC(C)(C)C)nc4C)c3C#N)cc2c1. The first-order valence-corrected chi connectivity index (χ1v) is 13.9. The number of aliphatic hydroxyl groups is 1. The topological polar surface area (TPSA) is 155 Å². The number of rotatable bonds is 7. The molecule has 0 radical (unpaired) electrons. The second-order valence-electron chi connectivity index (χ2n) is 12.2. The average Bonchev–Trinajstić information content (AvgIpc) is 3.28. The fourth-order valence-electron chi connectivity index (χ4n) is 4.80. The van der Waals surface area contributed by atoms with E-state index in [0.29, 0.717) is 22.6 Å². The Morgan fingerprint density at radius 3 is 2.42 bits per heavy atom. The van der Waals surface area contributed by atoms with Crippen LogP contribution in [0.25, 0.3) is 10.9 Å². The van der Waals surface area contributed by atoms with Crippen LogP contribution in [0.2, 0.25) is 0 Å². The monoisotopic (exact) mass is 583 g/mol. The van der Waals surface area contributed by atoms with Gasteiger partial charge in [-0.1, -0.05) is 0 Å². The molecule has 4 aromatic rings. The van der Waals surface area contributed by atoms with Crippen LogP contribution in [0.5, 0.6) is 0 Å². The van der Waals surface area contributed by atoms with Gasteiger partial charge in [0, 0.05) is 29.4 Å². The zero-order valence-electron chi connectivity index (χ0n) is 25.8. The number of hydrogen-bond acceptors (Lipinski definition) is 8. The molecule has 3 N–H and O–H groups in total. The van der Waals surface area contributed by atoms with Gasteiger partial charge in [0.05, 0.1) is 29.4 Å². The molecule has 3 aromatic heterocycles. The van der Waals surface area contributed by atoms with Crippen LogP contribution >= 0.6 is 0 Å². The third-order valence-corrected chi connectivity index (χ3v) is 6.77. The van der Waals surface area contributed by atoms with Gasteiger partial charge in [0.25, 0.3) is 5.91 Å². The summed E-state index contributed by atoms with van der Waals surface area (Å²) in [5.41, 5.74) is 3.88. The minimum atomic E-state index is -1.14. The number of nitriles is 1. The maximum atomic E-state index is 13.2. The molecule has 1 aromatic carbocycles. The fraction of sp³-hybridized carbons (Fsp3) is 0.375. The largest absolute Gasteiger partial charge is 0.444 e. The summed E-state index contributed by atoms with van der Waals surface area (Å²) in [7, 11) is 0. The third-order valence-electron chi connectivity index (χ3n) is 6.77. The molecule has 0 fully saturated rings. The Labute approximate surface area is 250 Å². The Morgan fingerprint density at radius 1 is 1.07 bits per heavy atom. The molecule has 0 saturated heterocycles. The summed E-state index contributed by atoms with van der Waals surface area (Å²) in [5, 5.41) is 31.5. The van der Waals surface area contributed by atoms with Gasteiger partial charge in [-0.2, -0.15) is 10.4 Å². The second kappa shape index (κ2) is 11.8. The number of amides is 2. The summed E-state index contributed by atoms with van der Waals surface area (Å²) >= 11 is 0. The van der Waals surface area contributed by atoms with E-state index in [4.69, 9.17) is 4.74 Å². The van der Waals surface area contributed by atoms with E-state index < -0.39 is 23.2 Å². The lowest BCUT2D eigenvalue weighted by Crippen LogP contribution is -2.28. The molecule has 0 bridgehead atoms. The van der Waals surface area contributed by atoms with Crippen molar-refractivity contribution in [3.05, 3.63) is 81.4 Å². The van der Waals surface area contributed by atoms with Gasteiger partial charge >= 0.3 is 6.09 Å². The molecule has 4 rings (SSSR count). The van der Waals surface area contributed by atoms with Crippen LogP contribution < -0.4 is 10.6 Å². The maximum absolute atomic E-state index is 13.2. The number of aromatic nitrogens is 4. The molecule has 224 valence electrons. The highest BCUT2D eigenvalue weighted by Crippen LogP contribution is 2.30. The summed E-state index contributed by atoms with van der Waals surface area (Å²) < 4.78 is 6.76. The zero-order chi connectivity index (χ0) is 31.7. The number of nitrogens with one attached hydrogen (secondary N) is 2. The first-order chi connectivity index (χ1) is 20.1. The van der Waals surface area contributed by atoms with Crippen LogP contribution in [0.1, 0.15) is 84.2 Å². The van der Waals surface area contributed by atoms with E-state index in [1.807, 2.05) is 32.0 Å². The number of carbonyl (C=O) groups is 2. The number of benzene rings is 1. The van der Waals surface area contributed by atoms with E-state index in [0.717, 1.165) is 27.6 Å². The Kier molecular flexibility index (Phi) is 8.55. The van der Waals surface area contributed by atoms with E-state index >= 15 is 0 Å². The molecular formula is C32H37N7O4. The predicted molar refractivity (Wildman–Crippen MR) is 163 cm³/mol. The quantitative estimate of drug-likeness (QED) is 0.269. The summed E-state index contributed by atoms with van der Waals surface area (Å²) in [6.07, 6.45) is 2.54. The first kappa shape index (κ1) is 31.1. The van der Waals surface area contributed by atoms with Crippen LogP contribution in [-0.4, -0.2) is 42.5 Å². The minimum absolute atomic E-state index is 0.119. The fourth-order valence-corrected chi connectivity index (χ4v) is 4.80. The van der Waals surface area contributed by atoms with Gasteiger partial charge in [-0.05, 0) is 102 Å². The van der Waals surface area contributed by atoms with E-state index in [2.05, 4.69) is 31.8 Å². The van der Waals surface area contributed by atoms with E-state index in [1.165, 1.54) is 10.9 Å². The van der Waals surface area contributed by atoms with E-state index in [1.54, 1.807) is 53.8 Å². The van der Waals surface area contributed by atoms with Gasteiger partial charge in [-0.3, -0.25) is 15.1 Å². The third kappa shape index (κ3) is 7.34. The van der Waals surface area contributed by atoms with Gasteiger partial charge in [-0.15, -0.1) is 0 Å². The number of pyridine rings is 2. The Morgan fingerprint density at radius 2 is 1.79 bits per heavy atom. The number of hydrogen-bond donors (Lipinski definition) is 3. The van der Waals surface area contributed by atoms with Gasteiger partial charge in [-0.25, -0.2) is 14.5 Å². The highest BCUT2D eigenvalue weighted by molar-refractivity contribution is 5.96. The molecule has 3 heterocycles. The molecule has 43 heavy (non-hydrogen) atoms. The van der Waals surface area contributed by atoms with Crippen molar-refractivity contribution in [1.29, 1.82) is 5.26 Å². The molecule has 0 atom stereocenters. The zero-order valence-corrected chi connectivity index (χ0v) is 25.8. The first-order valence-electron chi connectivity index (χ1n) is 13.9. The van der Waals surface area contributed by atoms with E-state index in [-0.39, 0.29) is 24.3 Å². The minimum Gasteiger partial charge on any atom is -0.444 e. The van der Waals surface area contributed by atoms with E-state index in [9.17, 15) is 20.0 Å². The van der Waals surface area contributed by atoms with Crippen molar-refractivity contribution in [2.45, 2.75) is 79.7 Å². The molecule has 2 amide bonds. The lowest BCUT2D eigenvalue weighted by Gasteiger charge is -2.21. The van der Waals surface area contributed by atoms with Crippen LogP contribution in [0, 0.1) is 32.1 Å². The Hall–Kier alpha value is -4.82. The Bertz CT molecular complexity index is 1730. The van der Waals surface area contributed by atoms with Gasteiger partial charge in [0.15, 0.2) is 5.69 Å². The van der Waals surface area contributed by atoms with Gasteiger partial charge in [0.1, 0.15) is 17.5 Å². The van der Waals surface area contributed by atoms with Crippen LogP contribution in [0.4, 0.5) is 10.6 Å². The number of anilines is 1. The van der Waals surface area contributed by atoms with Gasteiger partial charge < -0.3 is 15.2 Å². The van der Waals surface area contributed by atoms with Crippen molar-refractivity contribution >= 4 is 28.7 Å². The van der Waals surface area contributed by atoms with Crippen molar-refractivity contribution in [3.63, 3.8) is 0 Å². The normalized spacial score (nSPS) is 11.7. The molecule has 0 aliphatic rings. The lowest BCUT2D eigenvalue weighted by atomic mass is 9.93. The number of nitrogens with zero attached hydrogens (tertiary/aromatic N) is 5. The number of carbonyl (C=O) groups excluding carboxylic acids is 2. The van der Waals surface area contributed by atoms with Crippen LogP contribution in [-0.2, 0) is 23.4 Å². The summed E-state index contributed by atoms with van der Waals surface area (Å²) in [6.45, 7) is 14.7. The predicted octanol–water partition coefficient (Wildman–Crippen LogP) is 5.18. The molecule has 11 nitrogen and oxygen atoms in total. The highest BCUT2D eigenvalue weighted by Gasteiger charge is 2.23. The summed E-state index contributed by atoms with van der Waals surface area (Å²) in [4.78, 5) is 34.3. The van der Waals surface area contributed by atoms with Gasteiger partial charge in [0.2, 0.25) is 0 Å². The van der Waals surface area contributed by atoms with Crippen molar-refractivity contribution < 1.29 is 19.4 Å². The van der Waals surface area contributed by atoms with Crippen molar-refractivity contribution in [3.8, 4) is 6.07 Å².